The first-order valence-corrected chi connectivity index (χ1v) is 24.7. The highest BCUT2D eigenvalue weighted by atomic mass is 19.1. The Kier molecular flexibility index (Phi) is 19.0. The average molecular weight is 1030 g/mol. The molecule has 1 amide bonds. The van der Waals surface area contributed by atoms with Gasteiger partial charge in [0.15, 0.2) is 0 Å². The zero-order valence-corrected chi connectivity index (χ0v) is 45.3. The summed E-state index contributed by atoms with van der Waals surface area (Å²) in [5.74, 6) is -1.29. The van der Waals surface area contributed by atoms with Crippen LogP contribution in [0.5, 0.6) is 11.5 Å². The smallest absolute Gasteiger partial charge is 0.341 e. The summed E-state index contributed by atoms with van der Waals surface area (Å²) in [5, 5.41) is 33.8. The number of nitrogens with zero attached hydrogens (tertiary/aromatic N) is 2. The number of hydrogen-bond donors (Lipinski definition) is 5. The van der Waals surface area contributed by atoms with Gasteiger partial charge in [0.2, 0.25) is 10.9 Å². The van der Waals surface area contributed by atoms with E-state index < -0.39 is 24.5 Å². The Bertz CT molecular complexity index is 3420. The number of aromatic hydroxyl groups is 2. The summed E-state index contributed by atoms with van der Waals surface area (Å²) in [5.41, 5.74) is 12.9. The van der Waals surface area contributed by atoms with E-state index in [1.807, 2.05) is 122 Å². The Labute approximate surface area is 448 Å². The Balaban J connectivity index is 0.000000264. The van der Waals surface area contributed by atoms with Crippen molar-refractivity contribution in [2.45, 2.75) is 125 Å². The van der Waals surface area contributed by atoms with Crippen LogP contribution in [0.25, 0.3) is 21.8 Å². The largest absolute Gasteiger partial charge is 0.508 e. The molecule has 8 aromatic rings. The minimum absolute atomic E-state index is 0. The highest BCUT2D eigenvalue weighted by Crippen LogP contribution is 2.40. The predicted octanol–water partition coefficient (Wildman–Crippen LogP) is 14.1. The Morgan fingerprint density at radius 3 is 1.32 bits per heavy atom. The highest BCUT2D eigenvalue weighted by Gasteiger charge is 2.28. The number of para-hydroxylation sites is 2. The fourth-order valence-corrected chi connectivity index (χ4v) is 8.78. The number of fused-ring (bicyclic) bond motifs is 2. The molecular formula is C64H77FN4O7. The van der Waals surface area contributed by atoms with E-state index in [9.17, 15) is 38.9 Å². The molecule has 76 heavy (non-hydrogen) atoms. The molecule has 2 heterocycles. The van der Waals surface area contributed by atoms with Crippen LogP contribution in [-0.4, -0.2) is 43.5 Å². The number of alkyl halides is 1. The quantitative estimate of drug-likeness (QED) is 0.0980. The highest BCUT2D eigenvalue weighted by molar-refractivity contribution is 6.06. The number of phenols is 2. The van der Waals surface area contributed by atoms with Gasteiger partial charge in [0.25, 0.3) is 5.91 Å². The van der Waals surface area contributed by atoms with Gasteiger partial charge in [-0.15, -0.1) is 0 Å². The third kappa shape index (κ3) is 14.6. The standard InChI is InChI=1S/C31H34N2O3.C17H13NO3.C14H23NO.CH3F.CH4/c1-30(2,3)23-16-24(31(4,5)6)27(34)17-25(23)32-29(36)22-19-33(18-20-12-8-7-9-13-20)26-15-11-10-14-21(26)28(22)35;19-16-13-8-4-5-9-15(13)18(11-14(16)17(20)21)10-12-6-2-1-3-7-12;1-13(2,3)9-7-10(14(4,5)6)12(16)8-11(9)15;1-2;/h7-17,19,34H,18H2,1-6H3,(H,32,36);1-9,11H,10H2,(H,20,21);7-8,16H,15H2,1-6H3;1H3;1H4/i;;;1D;. The third-order valence-corrected chi connectivity index (χ3v) is 12.6. The molecule has 6 N–H and O–H groups in total. The van der Waals surface area contributed by atoms with Crippen molar-refractivity contribution in [3.05, 3.63) is 211 Å². The number of amides is 1. The number of rotatable bonds is 7. The summed E-state index contributed by atoms with van der Waals surface area (Å²) in [6.07, 6.45) is 3.05. The summed E-state index contributed by atoms with van der Waals surface area (Å²) in [7, 11) is -1.00. The first kappa shape index (κ1) is 58.9. The second-order valence-corrected chi connectivity index (χ2v) is 22.6. The molecule has 0 saturated carbocycles. The van der Waals surface area contributed by atoms with Crippen LogP contribution in [0.15, 0.2) is 155 Å². The van der Waals surface area contributed by atoms with Crippen molar-refractivity contribution in [3.8, 4) is 11.5 Å². The number of carbonyl (C=O) groups is 2. The molecule has 0 unspecified atom stereocenters. The maximum absolute atomic E-state index is 13.5. The van der Waals surface area contributed by atoms with Crippen molar-refractivity contribution in [1.82, 2.24) is 9.13 Å². The summed E-state index contributed by atoms with van der Waals surface area (Å²) >= 11 is 0. The number of halogens is 1. The van der Waals surface area contributed by atoms with Gasteiger partial charge >= 0.3 is 5.97 Å². The number of carboxylic acids is 1. The van der Waals surface area contributed by atoms with Gasteiger partial charge in [-0.2, -0.15) is 0 Å². The number of aromatic carboxylic acids is 1. The lowest BCUT2D eigenvalue weighted by atomic mass is 9.79. The van der Waals surface area contributed by atoms with Crippen LogP contribution in [0.3, 0.4) is 0 Å². The van der Waals surface area contributed by atoms with Crippen molar-refractivity contribution < 1.29 is 30.7 Å². The van der Waals surface area contributed by atoms with Crippen LogP contribution in [0.4, 0.5) is 15.8 Å². The third-order valence-electron chi connectivity index (χ3n) is 12.6. The molecule has 6 aromatic carbocycles. The number of hydrogen-bond acceptors (Lipinski definition) is 7. The number of carboxylic acid groups (broad SMARTS) is 1. The fraction of sp³-hybridized carbons (Fsp3) is 0.312. The maximum atomic E-state index is 13.5. The molecule has 0 aliphatic heterocycles. The van der Waals surface area contributed by atoms with E-state index in [0.29, 0.717) is 35.2 Å². The molecule has 8 rings (SSSR count). The number of benzene rings is 6. The number of nitrogens with two attached hydrogens (primary N) is 1. The molecular weight excluding hydrogens is 956 g/mol. The molecule has 12 heteroatoms. The number of carbonyl (C=O) groups excluding carboxylic acids is 1. The van der Waals surface area contributed by atoms with Crippen molar-refractivity contribution in [3.63, 3.8) is 0 Å². The minimum atomic E-state index is -1.20. The van der Waals surface area contributed by atoms with Gasteiger partial charge < -0.3 is 35.5 Å². The van der Waals surface area contributed by atoms with Gasteiger partial charge in [-0.05, 0) is 91.4 Å². The molecule has 0 fully saturated rings. The normalized spacial score (nSPS) is 11.6. The van der Waals surface area contributed by atoms with E-state index >= 15 is 0 Å². The number of pyridine rings is 2. The number of nitrogen functional groups attached to an aromatic ring is 1. The molecule has 0 saturated heterocycles. The molecule has 11 nitrogen and oxygen atoms in total. The molecule has 0 aliphatic carbocycles. The number of anilines is 2. The maximum Gasteiger partial charge on any atom is 0.341 e. The van der Waals surface area contributed by atoms with E-state index in [-0.39, 0.29) is 57.1 Å². The molecule has 2 aromatic heterocycles. The van der Waals surface area contributed by atoms with Crippen molar-refractivity contribution in [1.29, 1.82) is 0 Å². The van der Waals surface area contributed by atoms with Gasteiger partial charge in [0.05, 0.1) is 19.6 Å². The van der Waals surface area contributed by atoms with Gasteiger partial charge in [-0.1, -0.05) is 175 Å². The van der Waals surface area contributed by atoms with E-state index in [4.69, 9.17) is 7.10 Å². The SMILES string of the molecule is C.CC(C)(C)c1cc(C(C)(C)C)c(NC(=O)c2cn(Cc3ccccc3)c3ccccc3c2=O)cc1O.CC(C)(C)c1cc(C(C)(C)C)c(O)cc1N.O=C(O)c1cn(Cc2ccccc2)c2ccccc2c1=O.[2H]CF. The lowest BCUT2D eigenvalue weighted by Crippen LogP contribution is -2.26. The fourth-order valence-electron chi connectivity index (χ4n) is 8.78. The van der Waals surface area contributed by atoms with Crippen molar-refractivity contribution in [2.75, 3.05) is 18.2 Å². The van der Waals surface area contributed by atoms with Crippen LogP contribution in [0.1, 0.15) is 146 Å². The molecule has 0 spiro atoms. The number of nitrogens with one attached hydrogen (secondary N) is 1. The molecule has 0 atom stereocenters. The molecule has 402 valence electrons. The van der Waals surface area contributed by atoms with Gasteiger partial charge in [-0.3, -0.25) is 18.8 Å². The second kappa shape index (κ2) is 24.6. The van der Waals surface area contributed by atoms with Crippen LogP contribution in [0.2, 0.25) is 0 Å². The Morgan fingerprint density at radius 2 is 0.908 bits per heavy atom. The first-order chi connectivity index (χ1) is 35.5. The summed E-state index contributed by atoms with van der Waals surface area (Å²) in [4.78, 5) is 50.4. The lowest BCUT2D eigenvalue weighted by molar-refractivity contribution is 0.0694. The van der Waals surface area contributed by atoms with Crippen LogP contribution < -0.4 is 21.9 Å². The molecule has 0 aliphatic rings. The van der Waals surface area contributed by atoms with E-state index in [1.165, 1.54) is 6.20 Å². The Morgan fingerprint density at radius 1 is 0.553 bits per heavy atom. The van der Waals surface area contributed by atoms with Crippen LogP contribution in [-0.2, 0) is 34.7 Å². The number of aromatic nitrogens is 2. The van der Waals surface area contributed by atoms with Gasteiger partial charge in [0, 0.05) is 59.8 Å². The van der Waals surface area contributed by atoms with Crippen LogP contribution >= 0.6 is 0 Å². The summed E-state index contributed by atoms with van der Waals surface area (Å²) in [6, 6.07) is 41.3. The van der Waals surface area contributed by atoms with Crippen molar-refractivity contribution in [2.24, 2.45) is 0 Å². The number of phenolic OH excluding ortho intramolecular Hbond substituents is 2. The van der Waals surface area contributed by atoms with E-state index in [1.54, 1.807) is 47.2 Å². The zero-order chi connectivity index (χ0) is 56.5. The summed E-state index contributed by atoms with van der Waals surface area (Å²) < 4.78 is 19.2. The average Bonchev–Trinajstić information content (AvgIpc) is 3.33. The van der Waals surface area contributed by atoms with E-state index in [2.05, 4.69) is 67.6 Å². The first-order valence-electron chi connectivity index (χ1n) is 25.4. The Hall–Kier alpha value is -7.99. The molecule has 0 radical (unpaired) electrons. The van der Waals surface area contributed by atoms with Crippen molar-refractivity contribution >= 4 is 45.1 Å². The topological polar surface area (TPSA) is 177 Å². The molecule has 0 bridgehead atoms. The lowest BCUT2D eigenvalue weighted by Gasteiger charge is -2.28. The van der Waals surface area contributed by atoms with E-state index in [0.717, 1.165) is 44.4 Å². The van der Waals surface area contributed by atoms with Crippen LogP contribution in [0, 0.1) is 0 Å². The zero-order valence-electron chi connectivity index (χ0n) is 46.3. The summed E-state index contributed by atoms with van der Waals surface area (Å²) in [6.45, 7) is 26.0. The monoisotopic (exact) mass is 1030 g/mol. The predicted molar refractivity (Wildman–Crippen MR) is 312 cm³/mol. The van der Waals surface area contributed by atoms with Gasteiger partial charge in [0.1, 0.15) is 22.6 Å². The minimum Gasteiger partial charge on any atom is -0.508 e. The second-order valence-electron chi connectivity index (χ2n) is 22.6. The van der Waals surface area contributed by atoms with Gasteiger partial charge in [-0.25, -0.2) is 4.79 Å².